The highest BCUT2D eigenvalue weighted by atomic mass is 16.6. The van der Waals surface area contributed by atoms with Gasteiger partial charge in [-0.2, -0.15) is 0 Å². The van der Waals surface area contributed by atoms with Gasteiger partial charge in [0.1, 0.15) is 0 Å². The Hall–Kier alpha value is -0.610. The number of rotatable bonds is 4. The molecular weight excluding hydrogens is 144 g/mol. The van der Waals surface area contributed by atoms with Crippen LogP contribution in [0.5, 0.6) is 0 Å². The molecule has 4 heteroatoms. The topological polar surface area (TPSA) is 70.2 Å². The number of ether oxygens (including phenoxy) is 1. The molecule has 0 bridgehead atoms. The zero-order chi connectivity index (χ0) is 7.68. The second-order valence-corrected chi connectivity index (χ2v) is 3.03. The van der Waals surface area contributed by atoms with E-state index in [-0.39, 0.29) is 12.2 Å². The maximum absolute atomic E-state index is 10.9. The number of carbonyl (C=O) groups is 1. The fourth-order valence-electron chi connectivity index (χ4n) is 0.929. The molecule has 62 valence electrons. The quantitative estimate of drug-likeness (QED) is 0.413. The summed E-state index contributed by atoms with van der Waals surface area (Å²) in [6, 6.07) is 0.578. The summed E-state index contributed by atoms with van der Waals surface area (Å²) in [5.74, 6) is -0.0753. The Morgan fingerprint density at radius 3 is 2.73 bits per heavy atom. The maximum Gasteiger partial charge on any atom is 0.307 e. The lowest BCUT2D eigenvalue weighted by molar-refractivity contribution is -0.145. The Morgan fingerprint density at radius 2 is 2.18 bits per heavy atom. The van der Waals surface area contributed by atoms with Gasteiger partial charge in [-0.1, -0.05) is 0 Å². The molecule has 0 radical (unpaired) electrons. The summed E-state index contributed by atoms with van der Waals surface area (Å²) in [5.41, 5.74) is 0. The second kappa shape index (κ2) is 2.79. The van der Waals surface area contributed by atoms with E-state index in [2.05, 4.69) is 10.6 Å². The zero-order valence-electron chi connectivity index (χ0n) is 6.30. The van der Waals surface area contributed by atoms with Crippen LogP contribution < -0.4 is 10.6 Å². The molecule has 0 spiro atoms. The van der Waals surface area contributed by atoms with Crippen LogP contribution in [0.25, 0.3) is 0 Å². The lowest BCUT2D eigenvalue weighted by atomic mass is 10.2. The summed E-state index contributed by atoms with van der Waals surface area (Å²) in [5, 5.41) is 6.05. The van der Waals surface area contributed by atoms with E-state index in [9.17, 15) is 4.79 Å². The van der Waals surface area contributed by atoms with Crippen molar-refractivity contribution < 1.29 is 9.53 Å². The van der Waals surface area contributed by atoms with E-state index in [1.165, 1.54) is 0 Å². The minimum absolute atomic E-state index is 0.0228. The Bertz CT molecular complexity index is 164. The molecule has 2 heterocycles. The molecule has 0 aromatic rings. The second-order valence-electron chi connectivity index (χ2n) is 3.03. The van der Waals surface area contributed by atoms with Crippen molar-refractivity contribution in [1.29, 1.82) is 0 Å². The smallest absolute Gasteiger partial charge is 0.307 e. The van der Waals surface area contributed by atoms with Crippen LogP contribution in [0.4, 0.5) is 0 Å². The standard InChI is InChI=1S/C7H12N2O2/c10-7(11-6-4-9-6)2-1-5-3-8-5/h5-6,8-9H,1-4H2. The van der Waals surface area contributed by atoms with Gasteiger partial charge in [-0.25, -0.2) is 0 Å². The molecule has 0 aromatic carbocycles. The third-order valence-corrected chi connectivity index (χ3v) is 1.83. The molecule has 2 aliphatic heterocycles. The van der Waals surface area contributed by atoms with Crippen molar-refractivity contribution in [2.24, 2.45) is 0 Å². The number of carbonyl (C=O) groups excluding carboxylic acids is 1. The molecule has 2 fully saturated rings. The van der Waals surface area contributed by atoms with Crippen LogP contribution >= 0.6 is 0 Å². The number of nitrogens with one attached hydrogen (secondary N) is 2. The first-order valence-corrected chi connectivity index (χ1v) is 4.01. The summed E-state index contributed by atoms with van der Waals surface area (Å²) < 4.78 is 4.96. The van der Waals surface area contributed by atoms with Crippen LogP contribution in [0.3, 0.4) is 0 Å². The molecule has 2 N–H and O–H groups in total. The van der Waals surface area contributed by atoms with Gasteiger partial charge in [0.15, 0.2) is 6.23 Å². The highest BCUT2D eigenvalue weighted by molar-refractivity contribution is 5.69. The normalized spacial score (nSPS) is 33.1. The van der Waals surface area contributed by atoms with E-state index in [1.54, 1.807) is 0 Å². The molecule has 11 heavy (non-hydrogen) atoms. The molecule has 0 saturated carbocycles. The zero-order valence-corrected chi connectivity index (χ0v) is 6.30. The highest BCUT2D eigenvalue weighted by Gasteiger charge is 2.26. The molecule has 4 nitrogen and oxygen atoms in total. The van der Waals surface area contributed by atoms with Crippen LogP contribution in [0, 0.1) is 0 Å². The summed E-state index contributed by atoms with van der Waals surface area (Å²) in [7, 11) is 0. The largest absolute Gasteiger partial charge is 0.445 e. The van der Waals surface area contributed by atoms with Gasteiger partial charge in [-0.3, -0.25) is 10.1 Å². The van der Waals surface area contributed by atoms with Crippen molar-refractivity contribution in [2.45, 2.75) is 25.1 Å². The predicted octanol–water partition coefficient (Wildman–Crippen LogP) is -0.789. The maximum atomic E-state index is 10.9. The summed E-state index contributed by atoms with van der Waals surface area (Å²) >= 11 is 0. The van der Waals surface area contributed by atoms with Crippen LogP contribution in [-0.4, -0.2) is 31.3 Å². The van der Waals surface area contributed by atoms with E-state index in [0.29, 0.717) is 12.5 Å². The van der Waals surface area contributed by atoms with E-state index in [0.717, 1.165) is 19.5 Å². The molecule has 2 atom stereocenters. The van der Waals surface area contributed by atoms with E-state index in [1.807, 2.05) is 0 Å². The first-order valence-electron chi connectivity index (χ1n) is 4.01. The first kappa shape index (κ1) is 7.06. The lowest BCUT2D eigenvalue weighted by Crippen LogP contribution is -2.10. The van der Waals surface area contributed by atoms with Crippen molar-refractivity contribution in [3.63, 3.8) is 0 Å². The Morgan fingerprint density at radius 1 is 1.45 bits per heavy atom. The van der Waals surface area contributed by atoms with Crippen molar-refractivity contribution in [2.75, 3.05) is 13.1 Å². The lowest BCUT2D eigenvalue weighted by Gasteiger charge is -1.99. The van der Waals surface area contributed by atoms with Gasteiger partial charge in [-0.15, -0.1) is 0 Å². The average Bonchev–Trinajstić information content (AvgIpc) is 2.80. The Balaban J connectivity index is 1.56. The van der Waals surface area contributed by atoms with Crippen molar-refractivity contribution in [3.05, 3.63) is 0 Å². The Labute approximate surface area is 65.3 Å². The van der Waals surface area contributed by atoms with Gasteiger partial charge >= 0.3 is 5.97 Å². The number of hydrogen-bond acceptors (Lipinski definition) is 4. The van der Waals surface area contributed by atoms with E-state index in [4.69, 9.17) is 4.74 Å². The molecule has 2 rings (SSSR count). The van der Waals surface area contributed by atoms with E-state index < -0.39 is 0 Å². The minimum Gasteiger partial charge on any atom is -0.445 e. The molecule has 2 unspecified atom stereocenters. The summed E-state index contributed by atoms with van der Waals surface area (Å²) in [6.07, 6.45) is 1.50. The number of esters is 1. The summed E-state index contributed by atoms with van der Waals surface area (Å²) in [4.78, 5) is 10.9. The first-order chi connectivity index (χ1) is 5.34. The molecule has 0 aromatic heterocycles. The van der Waals surface area contributed by atoms with Crippen LogP contribution in [-0.2, 0) is 9.53 Å². The minimum atomic E-state index is -0.0753. The van der Waals surface area contributed by atoms with Gasteiger partial charge < -0.3 is 10.1 Å². The molecule has 2 saturated heterocycles. The van der Waals surface area contributed by atoms with Crippen LogP contribution in [0.15, 0.2) is 0 Å². The van der Waals surface area contributed by atoms with Gasteiger partial charge in [0.2, 0.25) is 0 Å². The number of hydrogen-bond donors (Lipinski definition) is 2. The van der Waals surface area contributed by atoms with Gasteiger partial charge in [0.05, 0.1) is 0 Å². The molecule has 0 aliphatic carbocycles. The Kier molecular flexibility index (Phi) is 1.79. The fourth-order valence-corrected chi connectivity index (χ4v) is 0.929. The van der Waals surface area contributed by atoms with Crippen molar-refractivity contribution in [3.8, 4) is 0 Å². The summed E-state index contributed by atoms with van der Waals surface area (Å²) in [6.45, 7) is 1.89. The van der Waals surface area contributed by atoms with Crippen LogP contribution in [0.1, 0.15) is 12.8 Å². The SMILES string of the molecule is O=C(CCC1CN1)OC1CN1. The van der Waals surface area contributed by atoms with Crippen molar-refractivity contribution >= 4 is 5.97 Å². The monoisotopic (exact) mass is 156 g/mol. The van der Waals surface area contributed by atoms with Gasteiger partial charge in [-0.05, 0) is 6.42 Å². The van der Waals surface area contributed by atoms with Gasteiger partial charge in [0.25, 0.3) is 0 Å². The molecular formula is C7H12N2O2. The third-order valence-electron chi connectivity index (χ3n) is 1.83. The van der Waals surface area contributed by atoms with Gasteiger partial charge in [0, 0.05) is 25.6 Å². The fraction of sp³-hybridized carbons (Fsp3) is 0.857. The van der Waals surface area contributed by atoms with E-state index >= 15 is 0 Å². The average molecular weight is 156 g/mol. The molecule has 0 amide bonds. The third kappa shape index (κ3) is 2.48. The highest BCUT2D eigenvalue weighted by Crippen LogP contribution is 2.08. The van der Waals surface area contributed by atoms with Crippen LogP contribution in [0.2, 0.25) is 0 Å². The predicted molar refractivity (Wildman–Crippen MR) is 38.9 cm³/mol. The molecule has 2 aliphatic rings. The van der Waals surface area contributed by atoms with Crippen molar-refractivity contribution in [1.82, 2.24) is 10.6 Å².